The van der Waals surface area contributed by atoms with E-state index in [2.05, 4.69) is 29.6 Å². The molecule has 1 aromatic rings. The first-order valence-electron chi connectivity index (χ1n) is 4.93. The van der Waals surface area contributed by atoms with Crippen molar-refractivity contribution in [2.45, 2.75) is 17.8 Å². The summed E-state index contributed by atoms with van der Waals surface area (Å²) in [4.78, 5) is 0. The van der Waals surface area contributed by atoms with E-state index in [0.29, 0.717) is 11.4 Å². The molecule has 76 valence electrons. The molecule has 2 unspecified atom stereocenters. The van der Waals surface area contributed by atoms with Gasteiger partial charge in [0.25, 0.3) is 0 Å². The molecule has 0 amide bonds. The van der Waals surface area contributed by atoms with Crippen molar-refractivity contribution in [3.63, 3.8) is 0 Å². The van der Waals surface area contributed by atoms with Gasteiger partial charge in [-0.1, -0.05) is 30.3 Å². The molecule has 1 aliphatic heterocycles. The number of hydrogen-bond acceptors (Lipinski definition) is 3. The van der Waals surface area contributed by atoms with E-state index >= 15 is 0 Å². The molecule has 14 heavy (non-hydrogen) atoms. The number of thioether (sulfide) groups is 1. The van der Waals surface area contributed by atoms with Gasteiger partial charge in [-0.3, -0.25) is 5.32 Å². The molecule has 0 radical (unpaired) electrons. The molecule has 1 saturated heterocycles. The lowest BCUT2D eigenvalue weighted by Gasteiger charge is -2.12. The lowest BCUT2D eigenvalue weighted by molar-refractivity contribution is 0.271. The van der Waals surface area contributed by atoms with E-state index in [9.17, 15) is 0 Å². The largest absolute Gasteiger partial charge is 0.396 e. The third-order valence-electron chi connectivity index (χ3n) is 2.43. The molecule has 1 fully saturated rings. The van der Waals surface area contributed by atoms with Crippen LogP contribution in [0.1, 0.15) is 17.4 Å². The van der Waals surface area contributed by atoms with Crippen LogP contribution in [0.5, 0.6) is 0 Å². The standard InChI is InChI=1S/C11H15NOS/c13-7-6-10-8-14-11(12-10)9-4-2-1-3-5-9/h1-5,10-13H,6-8H2. The number of aliphatic hydroxyl groups excluding tert-OH is 1. The molecule has 0 spiro atoms. The Labute approximate surface area is 88.7 Å². The third-order valence-corrected chi connectivity index (χ3v) is 3.77. The summed E-state index contributed by atoms with van der Waals surface area (Å²) in [5.41, 5.74) is 1.33. The summed E-state index contributed by atoms with van der Waals surface area (Å²) in [6.07, 6.45) is 0.857. The zero-order chi connectivity index (χ0) is 9.80. The van der Waals surface area contributed by atoms with Crippen LogP contribution in [-0.2, 0) is 0 Å². The fraction of sp³-hybridized carbons (Fsp3) is 0.455. The monoisotopic (exact) mass is 209 g/mol. The number of rotatable bonds is 3. The average Bonchev–Trinajstić information content (AvgIpc) is 2.68. The highest BCUT2D eigenvalue weighted by Gasteiger charge is 2.24. The number of nitrogens with one attached hydrogen (secondary N) is 1. The van der Waals surface area contributed by atoms with Crippen LogP contribution in [0.4, 0.5) is 0 Å². The van der Waals surface area contributed by atoms with Crippen LogP contribution < -0.4 is 5.32 Å². The highest BCUT2D eigenvalue weighted by Crippen LogP contribution is 2.33. The summed E-state index contributed by atoms with van der Waals surface area (Å²) >= 11 is 1.92. The Morgan fingerprint density at radius 1 is 1.36 bits per heavy atom. The fourth-order valence-electron chi connectivity index (χ4n) is 1.67. The van der Waals surface area contributed by atoms with Crippen molar-refractivity contribution >= 4 is 11.8 Å². The van der Waals surface area contributed by atoms with E-state index in [1.807, 2.05) is 17.8 Å². The van der Waals surface area contributed by atoms with Crippen molar-refractivity contribution in [1.82, 2.24) is 5.32 Å². The van der Waals surface area contributed by atoms with Crippen LogP contribution >= 0.6 is 11.8 Å². The molecule has 2 atom stereocenters. The van der Waals surface area contributed by atoms with E-state index < -0.39 is 0 Å². The summed E-state index contributed by atoms with van der Waals surface area (Å²) in [5.74, 6) is 1.10. The summed E-state index contributed by atoms with van der Waals surface area (Å²) in [5, 5.41) is 12.8. The molecule has 2 nitrogen and oxygen atoms in total. The topological polar surface area (TPSA) is 32.3 Å². The van der Waals surface area contributed by atoms with Gasteiger partial charge in [0.1, 0.15) is 0 Å². The predicted octanol–water partition coefficient (Wildman–Crippen LogP) is 1.77. The maximum Gasteiger partial charge on any atom is 0.0792 e. The van der Waals surface area contributed by atoms with E-state index in [1.54, 1.807) is 0 Å². The van der Waals surface area contributed by atoms with Crippen molar-refractivity contribution in [2.75, 3.05) is 12.4 Å². The maximum absolute atomic E-state index is 8.83. The summed E-state index contributed by atoms with van der Waals surface area (Å²) in [7, 11) is 0. The molecule has 3 heteroatoms. The minimum Gasteiger partial charge on any atom is -0.396 e. The number of aliphatic hydroxyl groups is 1. The first-order valence-corrected chi connectivity index (χ1v) is 5.98. The quantitative estimate of drug-likeness (QED) is 0.796. The van der Waals surface area contributed by atoms with E-state index in [4.69, 9.17) is 5.11 Å². The highest BCUT2D eigenvalue weighted by molar-refractivity contribution is 7.99. The Bertz CT molecular complexity index is 278. The van der Waals surface area contributed by atoms with Crippen LogP contribution in [-0.4, -0.2) is 23.5 Å². The van der Waals surface area contributed by atoms with Gasteiger partial charge in [0, 0.05) is 18.4 Å². The van der Waals surface area contributed by atoms with Gasteiger partial charge in [-0.05, 0) is 12.0 Å². The number of benzene rings is 1. The van der Waals surface area contributed by atoms with Crippen LogP contribution in [0.25, 0.3) is 0 Å². The highest BCUT2D eigenvalue weighted by atomic mass is 32.2. The molecule has 0 aromatic heterocycles. The Kier molecular flexibility index (Phi) is 3.45. The van der Waals surface area contributed by atoms with Gasteiger partial charge in [-0.2, -0.15) is 0 Å². The molecule has 0 aliphatic carbocycles. The summed E-state index contributed by atoms with van der Waals surface area (Å²) in [6.45, 7) is 0.278. The van der Waals surface area contributed by atoms with Gasteiger partial charge in [-0.15, -0.1) is 11.8 Å². The van der Waals surface area contributed by atoms with Crippen molar-refractivity contribution in [2.24, 2.45) is 0 Å². The second-order valence-electron chi connectivity index (χ2n) is 3.50. The lowest BCUT2D eigenvalue weighted by atomic mass is 10.2. The van der Waals surface area contributed by atoms with Gasteiger partial charge in [0.15, 0.2) is 0 Å². The zero-order valence-corrected chi connectivity index (χ0v) is 8.83. The first kappa shape index (κ1) is 10.0. The van der Waals surface area contributed by atoms with E-state index in [1.165, 1.54) is 5.56 Å². The second kappa shape index (κ2) is 4.82. The van der Waals surface area contributed by atoms with Gasteiger partial charge >= 0.3 is 0 Å². The molecule has 2 rings (SSSR count). The predicted molar refractivity (Wildman–Crippen MR) is 60.3 cm³/mol. The van der Waals surface area contributed by atoms with Crippen LogP contribution in [0.15, 0.2) is 30.3 Å². The molecule has 1 aromatic carbocycles. The van der Waals surface area contributed by atoms with Crippen LogP contribution in [0.3, 0.4) is 0 Å². The third kappa shape index (κ3) is 2.29. The molecule has 2 N–H and O–H groups in total. The van der Waals surface area contributed by atoms with Crippen molar-refractivity contribution < 1.29 is 5.11 Å². The molecular formula is C11H15NOS. The Hall–Kier alpha value is -0.510. The maximum atomic E-state index is 8.83. The molecule has 0 bridgehead atoms. The van der Waals surface area contributed by atoms with Gasteiger partial charge in [-0.25, -0.2) is 0 Å². The Balaban J connectivity index is 1.96. The number of hydrogen-bond donors (Lipinski definition) is 2. The molecule has 0 saturated carbocycles. The van der Waals surface area contributed by atoms with Crippen LogP contribution in [0, 0.1) is 0 Å². The Morgan fingerprint density at radius 2 is 2.14 bits per heavy atom. The van der Waals surface area contributed by atoms with E-state index in [-0.39, 0.29) is 6.61 Å². The normalized spacial score (nSPS) is 26.6. The van der Waals surface area contributed by atoms with Crippen molar-refractivity contribution in [1.29, 1.82) is 0 Å². The molecule has 1 heterocycles. The molecular weight excluding hydrogens is 194 g/mol. The van der Waals surface area contributed by atoms with Crippen LogP contribution in [0.2, 0.25) is 0 Å². The minimum absolute atomic E-state index is 0.278. The van der Waals surface area contributed by atoms with Crippen molar-refractivity contribution in [3.8, 4) is 0 Å². The van der Waals surface area contributed by atoms with E-state index in [0.717, 1.165) is 12.2 Å². The smallest absolute Gasteiger partial charge is 0.0792 e. The first-order chi connectivity index (χ1) is 6.90. The van der Waals surface area contributed by atoms with Gasteiger partial charge in [0.05, 0.1) is 5.37 Å². The average molecular weight is 209 g/mol. The second-order valence-corrected chi connectivity index (χ2v) is 4.64. The molecule has 1 aliphatic rings. The van der Waals surface area contributed by atoms with Gasteiger partial charge in [0.2, 0.25) is 0 Å². The van der Waals surface area contributed by atoms with Gasteiger partial charge < -0.3 is 5.11 Å². The SMILES string of the molecule is OCCC1CSC(c2ccccc2)N1. The Morgan fingerprint density at radius 3 is 2.86 bits per heavy atom. The summed E-state index contributed by atoms with van der Waals surface area (Å²) in [6, 6.07) is 10.9. The fourth-order valence-corrected chi connectivity index (χ4v) is 2.99. The van der Waals surface area contributed by atoms with Crippen molar-refractivity contribution in [3.05, 3.63) is 35.9 Å². The zero-order valence-electron chi connectivity index (χ0n) is 8.02. The minimum atomic E-state index is 0.278. The lowest BCUT2D eigenvalue weighted by Crippen LogP contribution is -2.26. The summed E-state index contributed by atoms with van der Waals surface area (Å²) < 4.78 is 0.